The van der Waals surface area contributed by atoms with E-state index in [2.05, 4.69) is 11.6 Å². The molecule has 0 fully saturated rings. The van der Waals surface area contributed by atoms with Gasteiger partial charge in [-0.25, -0.2) is 4.98 Å². The predicted molar refractivity (Wildman–Crippen MR) is 37.2 cm³/mol. The quantitative estimate of drug-likeness (QED) is 0.646. The number of alkyl halides is 3. The topological polar surface area (TPSA) is 12.9 Å². The summed E-state index contributed by atoms with van der Waals surface area (Å²) in [7, 11) is 0. The Morgan fingerprint density at radius 1 is 1.55 bits per heavy atom. The number of aromatic nitrogens is 1. The molecule has 0 radical (unpaired) electrons. The van der Waals surface area contributed by atoms with Gasteiger partial charge in [-0.05, 0) is 6.08 Å². The zero-order valence-corrected chi connectivity index (χ0v) is 6.17. The molecule has 1 aromatic rings. The molecule has 0 saturated heterocycles. The van der Waals surface area contributed by atoms with Crippen LogP contribution in [0.15, 0.2) is 12.0 Å². The lowest BCUT2D eigenvalue weighted by molar-refractivity contribution is -0.140. The van der Waals surface area contributed by atoms with Gasteiger partial charge in [-0.15, -0.1) is 11.3 Å². The minimum atomic E-state index is -4.34. The Kier molecular flexibility index (Phi) is 1.99. The van der Waals surface area contributed by atoms with Crippen molar-refractivity contribution in [3.05, 3.63) is 22.7 Å². The van der Waals surface area contributed by atoms with Gasteiger partial charge in [0.05, 0.1) is 0 Å². The van der Waals surface area contributed by atoms with Crippen molar-refractivity contribution >= 4 is 17.4 Å². The van der Waals surface area contributed by atoms with Gasteiger partial charge in [0.1, 0.15) is 5.01 Å². The number of rotatable bonds is 1. The Morgan fingerprint density at radius 2 is 2.18 bits per heavy atom. The van der Waals surface area contributed by atoms with E-state index in [9.17, 15) is 13.2 Å². The van der Waals surface area contributed by atoms with Crippen molar-refractivity contribution in [3.63, 3.8) is 0 Å². The fourth-order valence-corrected chi connectivity index (χ4v) is 1.18. The van der Waals surface area contributed by atoms with Crippen molar-refractivity contribution in [2.75, 3.05) is 0 Å². The minimum Gasteiger partial charge on any atom is -0.232 e. The highest BCUT2D eigenvalue weighted by molar-refractivity contribution is 7.10. The lowest BCUT2D eigenvalue weighted by atomic mass is 10.5. The molecule has 11 heavy (non-hydrogen) atoms. The van der Waals surface area contributed by atoms with Crippen LogP contribution < -0.4 is 0 Å². The Balaban J connectivity index is 2.98. The van der Waals surface area contributed by atoms with Gasteiger partial charge in [0.25, 0.3) is 0 Å². The fourth-order valence-electron chi connectivity index (χ4n) is 0.512. The van der Waals surface area contributed by atoms with Crippen LogP contribution in [0.4, 0.5) is 13.2 Å². The van der Waals surface area contributed by atoms with E-state index in [-0.39, 0.29) is 5.01 Å². The van der Waals surface area contributed by atoms with Crippen LogP contribution in [0.25, 0.3) is 6.08 Å². The van der Waals surface area contributed by atoms with Crippen LogP contribution in [-0.4, -0.2) is 4.98 Å². The fraction of sp³-hybridized carbons (Fsp3) is 0.167. The monoisotopic (exact) mass is 179 g/mol. The summed E-state index contributed by atoms with van der Waals surface area (Å²) in [6.45, 7) is 3.31. The number of hydrogen-bond donors (Lipinski definition) is 0. The molecule has 0 unspecified atom stereocenters. The van der Waals surface area contributed by atoms with E-state index in [1.165, 1.54) is 6.08 Å². The zero-order chi connectivity index (χ0) is 8.48. The smallest absolute Gasteiger partial charge is 0.232 e. The highest BCUT2D eigenvalue weighted by Gasteiger charge is 2.33. The highest BCUT2D eigenvalue weighted by Crippen LogP contribution is 2.29. The van der Waals surface area contributed by atoms with E-state index < -0.39 is 11.9 Å². The standard InChI is InChI=1S/C6H4F3NS/c1-2-5-10-4(3-11-5)6(7,8)9/h2-3H,1H2. The van der Waals surface area contributed by atoms with Gasteiger partial charge in [0.2, 0.25) is 0 Å². The third-order valence-electron chi connectivity index (χ3n) is 0.987. The summed E-state index contributed by atoms with van der Waals surface area (Å²) < 4.78 is 35.5. The summed E-state index contributed by atoms with van der Waals surface area (Å²) in [5.74, 6) is 0. The molecular formula is C6H4F3NS. The first kappa shape index (κ1) is 8.26. The van der Waals surface area contributed by atoms with Crippen LogP contribution in [0.1, 0.15) is 10.7 Å². The SMILES string of the molecule is C=Cc1nc(C(F)(F)F)cs1. The van der Waals surface area contributed by atoms with Gasteiger partial charge in [0, 0.05) is 5.38 Å². The van der Waals surface area contributed by atoms with E-state index in [1.54, 1.807) is 0 Å². The lowest BCUT2D eigenvalue weighted by Gasteiger charge is -1.98. The predicted octanol–water partition coefficient (Wildman–Crippen LogP) is 2.80. The molecule has 1 nitrogen and oxygen atoms in total. The molecule has 0 atom stereocenters. The summed E-state index contributed by atoms with van der Waals surface area (Å²) in [6.07, 6.45) is -3.04. The van der Waals surface area contributed by atoms with Gasteiger partial charge in [-0.1, -0.05) is 6.58 Å². The van der Waals surface area contributed by atoms with Crippen LogP contribution >= 0.6 is 11.3 Å². The maximum absolute atomic E-state index is 11.8. The third kappa shape index (κ3) is 1.80. The maximum atomic E-state index is 11.8. The maximum Gasteiger partial charge on any atom is 0.434 e. The summed E-state index contributed by atoms with van der Waals surface area (Å²) >= 11 is 0.927. The average molecular weight is 179 g/mol. The van der Waals surface area contributed by atoms with Crippen molar-refractivity contribution in [2.45, 2.75) is 6.18 Å². The van der Waals surface area contributed by atoms with Crippen molar-refractivity contribution in [1.82, 2.24) is 4.98 Å². The number of nitrogens with zero attached hydrogens (tertiary/aromatic N) is 1. The van der Waals surface area contributed by atoms with E-state index in [4.69, 9.17) is 0 Å². The number of hydrogen-bond acceptors (Lipinski definition) is 2. The van der Waals surface area contributed by atoms with Crippen LogP contribution in [0.3, 0.4) is 0 Å². The van der Waals surface area contributed by atoms with E-state index in [0.29, 0.717) is 0 Å². The molecule has 0 N–H and O–H groups in total. The Bertz CT molecular complexity index is 263. The first-order valence-electron chi connectivity index (χ1n) is 2.69. The Hall–Kier alpha value is -0.840. The molecule has 0 aliphatic carbocycles. The molecule has 1 rings (SSSR count). The summed E-state index contributed by atoms with van der Waals surface area (Å²) in [6, 6.07) is 0. The molecule has 5 heteroatoms. The summed E-state index contributed by atoms with van der Waals surface area (Å²) in [4.78, 5) is 3.28. The second-order valence-corrected chi connectivity index (χ2v) is 2.66. The van der Waals surface area contributed by atoms with E-state index >= 15 is 0 Å². The zero-order valence-electron chi connectivity index (χ0n) is 5.35. The summed E-state index contributed by atoms with van der Waals surface area (Å²) in [5, 5.41) is 1.26. The highest BCUT2D eigenvalue weighted by atomic mass is 32.1. The van der Waals surface area contributed by atoms with Gasteiger partial charge < -0.3 is 0 Å². The molecule has 0 aliphatic rings. The third-order valence-corrected chi connectivity index (χ3v) is 1.83. The normalized spacial score (nSPS) is 11.5. The first-order valence-corrected chi connectivity index (χ1v) is 3.57. The molecular weight excluding hydrogens is 175 g/mol. The second kappa shape index (κ2) is 2.65. The molecule has 0 aliphatic heterocycles. The van der Waals surface area contributed by atoms with Gasteiger partial charge in [0.15, 0.2) is 5.69 Å². The van der Waals surface area contributed by atoms with Crippen LogP contribution in [0.2, 0.25) is 0 Å². The van der Waals surface area contributed by atoms with Gasteiger partial charge in [-0.3, -0.25) is 0 Å². The van der Waals surface area contributed by atoms with Crippen LogP contribution in [0, 0.1) is 0 Å². The molecule has 60 valence electrons. The first-order chi connectivity index (χ1) is 5.04. The van der Waals surface area contributed by atoms with Gasteiger partial charge in [-0.2, -0.15) is 13.2 Å². The molecule has 0 aromatic carbocycles. The van der Waals surface area contributed by atoms with Gasteiger partial charge >= 0.3 is 6.18 Å². The van der Waals surface area contributed by atoms with E-state index in [1.807, 2.05) is 0 Å². The van der Waals surface area contributed by atoms with Crippen LogP contribution in [-0.2, 0) is 6.18 Å². The summed E-state index contributed by atoms with van der Waals surface area (Å²) in [5.41, 5.74) is -0.850. The lowest BCUT2D eigenvalue weighted by Crippen LogP contribution is -2.04. The molecule has 0 saturated carbocycles. The molecule has 0 spiro atoms. The largest absolute Gasteiger partial charge is 0.434 e. The second-order valence-electron chi connectivity index (χ2n) is 1.77. The molecule has 0 bridgehead atoms. The molecule has 1 aromatic heterocycles. The molecule has 0 amide bonds. The van der Waals surface area contributed by atoms with Crippen LogP contribution in [0.5, 0.6) is 0 Å². The van der Waals surface area contributed by atoms with Crippen molar-refractivity contribution < 1.29 is 13.2 Å². The number of thiazole rings is 1. The van der Waals surface area contributed by atoms with Crippen molar-refractivity contribution in [2.24, 2.45) is 0 Å². The van der Waals surface area contributed by atoms with E-state index in [0.717, 1.165) is 16.7 Å². The van der Waals surface area contributed by atoms with Crippen molar-refractivity contribution in [3.8, 4) is 0 Å². The van der Waals surface area contributed by atoms with Crippen molar-refractivity contribution in [1.29, 1.82) is 0 Å². The Morgan fingerprint density at radius 3 is 2.45 bits per heavy atom. The average Bonchev–Trinajstić information content (AvgIpc) is 2.32. The minimum absolute atomic E-state index is 0.289. The molecule has 1 heterocycles. The Labute approximate surface area is 65.2 Å². The number of halogens is 3.